The maximum atomic E-state index is 12.7. The van der Waals surface area contributed by atoms with Gasteiger partial charge in [-0.2, -0.15) is 0 Å². The first-order valence-corrected chi connectivity index (χ1v) is 11.5. The molecule has 1 aromatic carbocycles. The first-order chi connectivity index (χ1) is 12.9. The summed E-state index contributed by atoms with van der Waals surface area (Å²) in [6, 6.07) is 7.97. The summed E-state index contributed by atoms with van der Waals surface area (Å²) < 4.78 is 0.814. The van der Waals surface area contributed by atoms with Crippen LogP contribution in [0.25, 0.3) is 0 Å². The second kappa shape index (κ2) is 7.44. The third-order valence-corrected chi connectivity index (χ3v) is 8.42. The van der Waals surface area contributed by atoms with E-state index in [1.54, 1.807) is 28.4 Å². The van der Waals surface area contributed by atoms with E-state index >= 15 is 0 Å². The summed E-state index contributed by atoms with van der Waals surface area (Å²) in [6.07, 6.45) is 1.32. The summed E-state index contributed by atoms with van der Waals surface area (Å²) in [5.74, 6) is 1.33. The molecular formula is C18H20N4O2S3. The summed E-state index contributed by atoms with van der Waals surface area (Å²) >= 11 is 4.65. The number of fused-ring (bicyclic) bond motifs is 1. The van der Waals surface area contributed by atoms with Crippen LogP contribution >= 0.6 is 34.9 Å². The van der Waals surface area contributed by atoms with Crippen molar-refractivity contribution in [3.8, 4) is 0 Å². The molecule has 2 fully saturated rings. The van der Waals surface area contributed by atoms with Gasteiger partial charge in [-0.1, -0.05) is 52.9 Å². The predicted octanol–water partition coefficient (Wildman–Crippen LogP) is 3.53. The lowest BCUT2D eigenvalue weighted by Crippen LogP contribution is -2.48. The lowest BCUT2D eigenvalue weighted by molar-refractivity contribution is -0.135. The molecule has 2 aliphatic rings. The minimum atomic E-state index is -0.428. The average molecular weight is 421 g/mol. The highest BCUT2D eigenvalue weighted by Crippen LogP contribution is 2.47. The molecular weight excluding hydrogens is 400 g/mol. The highest BCUT2D eigenvalue weighted by molar-refractivity contribution is 8.01. The van der Waals surface area contributed by atoms with Crippen LogP contribution in [0, 0.1) is 6.92 Å². The first kappa shape index (κ1) is 18.8. The molecule has 2 aromatic rings. The van der Waals surface area contributed by atoms with Crippen molar-refractivity contribution >= 4 is 51.8 Å². The van der Waals surface area contributed by atoms with Gasteiger partial charge in [0.25, 0.3) is 0 Å². The first-order valence-electron chi connectivity index (χ1n) is 8.73. The average Bonchev–Trinajstić information content (AvgIpc) is 3.31. The second-order valence-electron chi connectivity index (χ2n) is 6.90. The van der Waals surface area contributed by atoms with E-state index in [4.69, 9.17) is 0 Å². The van der Waals surface area contributed by atoms with E-state index in [2.05, 4.69) is 46.7 Å². The van der Waals surface area contributed by atoms with E-state index in [1.165, 1.54) is 22.5 Å². The molecule has 0 radical (unpaired) electrons. The van der Waals surface area contributed by atoms with Gasteiger partial charge in [-0.15, -0.1) is 22.0 Å². The molecule has 2 amide bonds. The van der Waals surface area contributed by atoms with Gasteiger partial charge < -0.3 is 4.90 Å². The number of aromatic nitrogens is 2. The molecule has 9 heteroatoms. The van der Waals surface area contributed by atoms with Gasteiger partial charge in [-0.05, 0) is 25.8 Å². The van der Waals surface area contributed by atoms with Gasteiger partial charge >= 0.3 is 0 Å². The van der Waals surface area contributed by atoms with E-state index < -0.39 is 6.04 Å². The summed E-state index contributed by atoms with van der Waals surface area (Å²) in [4.78, 5) is 26.4. The van der Waals surface area contributed by atoms with Crippen molar-refractivity contribution in [2.24, 2.45) is 0 Å². The third kappa shape index (κ3) is 3.86. The summed E-state index contributed by atoms with van der Waals surface area (Å²) in [7, 11) is 0. The van der Waals surface area contributed by atoms with Crippen LogP contribution in [-0.4, -0.2) is 43.6 Å². The summed E-state index contributed by atoms with van der Waals surface area (Å²) in [5, 5.41) is 11.6. The molecule has 1 aromatic heterocycles. The van der Waals surface area contributed by atoms with Crippen molar-refractivity contribution in [3.63, 3.8) is 0 Å². The lowest BCUT2D eigenvalue weighted by atomic mass is 10.2. The minimum Gasteiger partial charge on any atom is -0.315 e. The van der Waals surface area contributed by atoms with E-state index in [0.29, 0.717) is 17.3 Å². The molecule has 0 spiro atoms. The number of rotatable bonds is 5. The Labute approximate surface area is 170 Å². The van der Waals surface area contributed by atoms with Crippen molar-refractivity contribution in [2.45, 2.75) is 47.7 Å². The van der Waals surface area contributed by atoms with Crippen molar-refractivity contribution in [3.05, 3.63) is 35.4 Å². The molecule has 3 heterocycles. The van der Waals surface area contributed by atoms with Crippen LogP contribution in [0.3, 0.4) is 0 Å². The Morgan fingerprint density at radius 2 is 2.15 bits per heavy atom. The molecule has 0 unspecified atom stereocenters. The van der Waals surface area contributed by atoms with E-state index in [1.807, 2.05) is 6.92 Å². The second-order valence-corrected chi connectivity index (χ2v) is 10.6. The summed E-state index contributed by atoms with van der Waals surface area (Å²) in [5.41, 5.74) is 2.46. The fraction of sp³-hybridized carbons (Fsp3) is 0.444. The van der Waals surface area contributed by atoms with E-state index in [0.717, 1.165) is 16.5 Å². The Bertz CT molecular complexity index is 870. The lowest BCUT2D eigenvalue weighted by Gasteiger charge is -2.29. The number of benzene rings is 1. The number of nitrogens with one attached hydrogen (secondary N) is 1. The van der Waals surface area contributed by atoms with Crippen molar-refractivity contribution < 1.29 is 9.59 Å². The van der Waals surface area contributed by atoms with Crippen LogP contribution in [0.1, 0.15) is 30.9 Å². The summed E-state index contributed by atoms with van der Waals surface area (Å²) in [6.45, 7) is 4.11. The van der Waals surface area contributed by atoms with Crippen LogP contribution in [0.15, 0.2) is 28.6 Å². The van der Waals surface area contributed by atoms with Gasteiger partial charge in [0, 0.05) is 17.9 Å². The van der Waals surface area contributed by atoms with Crippen LogP contribution in [-0.2, 0) is 15.3 Å². The van der Waals surface area contributed by atoms with Gasteiger partial charge in [-0.25, -0.2) is 0 Å². The fourth-order valence-electron chi connectivity index (χ4n) is 3.35. The molecule has 142 valence electrons. The minimum absolute atomic E-state index is 0.0641. The monoisotopic (exact) mass is 420 g/mol. The smallest absolute Gasteiger partial charge is 0.249 e. The number of amides is 2. The largest absolute Gasteiger partial charge is 0.315 e. The molecule has 1 N–H and O–H groups in total. The predicted molar refractivity (Wildman–Crippen MR) is 110 cm³/mol. The zero-order valence-corrected chi connectivity index (χ0v) is 17.5. The molecule has 2 aliphatic heterocycles. The Hall–Kier alpha value is -1.58. The number of anilines is 1. The van der Waals surface area contributed by atoms with E-state index in [-0.39, 0.29) is 16.7 Å². The molecule has 6 nitrogen and oxygen atoms in total. The van der Waals surface area contributed by atoms with Crippen LogP contribution in [0.4, 0.5) is 5.13 Å². The molecule has 0 saturated carbocycles. The molecule has 2 atom stereocenters. The zero-order valence-electron chi connectivity index (χ0n) is 15.1. The van der Waals surface area contributed by atoms with Crippen LogP contribution in [0.5, 0.6) is 0 Å². The number of hydrogen-bond donors (Lipinski definition) is 1. The highest BCUT2D eigenvalue weighted by atomic mass is 32.2. The van der Waals surface area contributed by atoms with Gasteiger partial charge in [0.2, 0.25) is 16.9 Å². The van der Waals surface area contributed by atoms with Crippen molar-refractivity contribution in [1.82, 2.24) is 15.1 Å². The fourth-order valence-corrected chi connectivity index (χ4v) is 6.49. The normalized spacial score (nSPS) is 24.3. The quantitative estimate of drug-likeness (QED) is 0.589. The van der Waals surface area contributed by atoms with Gasteiger partial charge in [0.05, 0.1) is 4.87 Å². The zero-order chi connectivity index (χ0) is 19.0. The van der Waals surface area contributed by atoms with Gasteiger partial charge in [-0.3, -0.25) is 14.9 Å². The Kier molecular flexibility index (Phi) is 5.17. The number of hydrogen-bond acceptors (Lipinski definition) is 7. The molecule has 4 rings (SSSR count). The SMILES string of the molecule is Cc1ccc(CSc2nnc(NC(=O)[C@@H]3CS[C@]4(C)CCC(=O)N34)s2)cc1. The van der Waals surface area contributed by atoms with Crippen molar-refractivity contribution in [2.75, 3.05) is 11.1 Å². The molecule has 27 heavy (non-hydrogen) atoms. The van der Waals surface area contributed by atoms with E-state index in [9.17, 15) is 9.59 Å². The Morgan fingerprint density at radius 3 is 2.93 bits per heavy atom. The van der Waals surface area contributed by atoms with Crippen LogP contribution < -0.4 is 5.32 Å². The standard InChI is InChI=1S/C18H20N4O2S3/c1-11-3-5-12(6-4-11)9-25-17-21-20-16(27-17)19-15(24)13-10-26-18(2)8-7-14(23)22(13)18/h3-6,13H,7-10H2,1-2H3,(H,19,20,24)/t13-,18+/m0/s1. The Balaban J connectivity index is 1.36. The molecule has 0 bridgehead atoms. The van der Waals surface area contributed by atoms with Gasteiger partial charge in [0.1, 0.15) is 6.04 Å². The van der Waals surface area contributed by atoms with Gasteiger partial charge in [0.15, 0.2) is 4.34 Å². The van der Waals surface area contributed by atoms with Crippen molar-refractivity contribution in [1.29, 1.82) is 0 Å². The number of thioether (sulfide) groups is 2. The van der Waals surface area contributed by atoms with Crippen LogP contribution in [0.2, 0.25) is 0 Å². The highest BCUT2D eigenvalue weighted by Gasteiger charge is 2.52. The number of carbonyl (C=O) groups is 2. The number of carbonyl (C=O) groups excluding carboxylic acids is 2. The number of aryl methyl sites for hydroxylation is 1. The maximum absolute atomic E-state index is 12.7. The Morgan fingerprint density at radius 1 is 1.37 bits per heavy atom. The topological polar surface area (TPSA) is 75.2 Å². The third-order valence-electron chi connectivity index (χ3n) is 4.87. The molecule has 2 saturated heterocycles. The molecule has 0 aliphatic carbocycles. The maximum Gasteiger partial charge on any atom is 0.249 e. The number of nitrogens with zero attached hydrogens (tertiary/aromatic N) is 3.